The van der Waals surface area contributed by atoms with Gasteiger partial charge in [-0.25, -0.2) is 9.97 Å². The van der Waals surface area contributed by atoms with Gasteiger partial charge in [0.2, 0.25) is 5.78 Å². The van der Waals surface area contributed by atoms with Crippen molar-refractivity contribution in [1.29, 1.82) is 0 Å². The highest BCUT2D eigenvalue weighted by molar-refractivity contribution is 7.15. The topological polar surface area (TPSA) is 117 Å². The van der Waals surface area contributed by atoms with Gasteiger partial charge in [0.15, 0.2) is 5.78 Å². The van der Waals surface area contributed by atoms with Gasteiger partial charge in [0, 0.05) is 66.9 Å². The Hall–Kier alpha value is -3.81. The number of allylic oxidation sites excluding steroid dienone is 2. The van der Waals surface area contributed by atoms with E-state index in [2.05, 4.69) is 10.9 Å². The van der Waals surface area contributed by atoms with Crippen molar-refractivity contribution in [3.63, 3.8) is 0 Å². The maximum Gasteiger partial charge on any atom is 0.214 e. The lowest BCUT2D eigenvalue weighted by molar-refractivity contribution is -0.126. The number of hydrogen-bond acceptors (Lipinski definition) is 9. The summed E-state index contributed by atoms with van der Waals surface area (Å²) in [6.07, 6.45) is 14.0. The van der Waals surface area contributed by atoms with E-state index in [0.717, 1.165) is 101 Å². The first kappa shape index (κ1) is 40.8. The number of nitrogens with zero attached hydrogens (tertiary/aromatic N) is 2. The summed E-state index contributed by atoms with van der Waals surface area (Å²) in [7, 11) is 0. The number of thiazole rings is 2. The fraction of sp³-hybridized carbons (Fsp3) is 0.432. The number of aliphatic hydroxyl groups excluding tert-OH is 2. The minimum Gasteiger partial charge on any atom is -0.511 e. The molecule has 2 saturated carbocycles. The number of hydrogen-bond donors (Lipinski definition) is 2. The third-order valence-electron chi connectivity index (χ3n) is 11.5. The molecule has 2 heterocycles. The summed E-state index contributed by atoms with van der Waals surface area (Å²) in [5.41, 5.74) is 3.08. The second-order valence-electron chi connectivity index (χ2n) is 15.1. The Morgan fingerprint density at radius 1 is 0.782 bits per heavy atom. The van der Waals surface area contributed by atoms with Crippen LogP contribution in [0.5, 0.6) is 0 Å². The lowest BCUT2D eigenvalue weighted by atomic mass is 9.65. The first-order valence-corrected chi connectivity index (χ1v) is 21.5. The van der Waals surface area contributed by atoms with Crippen molar-refractivity contribution in [1.82, 2.24) is 9.97 Å². The molecule has 0 atom stereocenters. The molecule has 3 aliphatic carbocycles. The molecule has 0 aliphatic heterocycles. The Labute approximate surface area is 341 Å². The summed E-state index contributed by atoms with van der Waals surface area (Å²) in [5.74, 6) is 2.46. The number of rotatable bonds is 9. The smallest absolute Gasteiger partial charge is 0.214 e. The fourth-order valence-corrected chi connectivity index (χ4v) is 10.4. The van der Waals surface area contributed by atoms with Crippen LogP contribution in [0.3, 0.4) is 0 Å². The first-order chi connectivity index (χ1) is 26.4. The zero-order valence-corrected chi connectivity index (χ0v) is 34.5. The van der Waals surface area contributed by atoms with Crippen molar-refractivity contribution in [2.45, 2.75) is 110 Å². The van der Waals surface area contributed by atoms with Crippen LogP contribution in [-0.4, -0.2) is 37.5 Å². The summed E-state index contributed by atoms with van der Waals surface area (Å²) >= 11 is 15.0. The van der Waals surface area contributed by atoms with E-state index in [-0.39, 0.29) is 29.2 Å². The van der Waals surface area contributed by atoms with Gasteiger partial charge in [0.05, 0.1) is 17.0 Å². The second kappa shape index (κ2) is 18.0. The quantitative estimate of drug-likeness (QED) is 0.162. The third-order valence-corrected chi connectivity index (χ3v) is 14.1. The molecular formula is C44H46Cl2N2O5S2. The molecule has 288 valence electrons. The molecule has 0 amide bonds. The van der Waals surface area contributed by atoms with Gasteiger partial charge < -0.3 is 10.2 Å². The fourth-order valence-electron chi connectivity index (χ4n) is 8.26. The van der Waals surface area contributed by atoms with E-state index >= 15 is 0 Å². The molecule has 0 saturated heterocycles. The van der Waals surface area contributed by atoms with Crippen molar-refractivity contribution in [3.05, 3.63) is 85.5 Å². The largest absolute Gasteiger partial charge is 0.511 e. The summed E-state index contributed by atoms with van der Waals surface area (Å²) in [6, 6.07) is 15.1. The summed E-state index contributed by atoms with van der Waals surface area (Å²) in [5, 5.41) is 23.0. The average molecular weight is 818 g/mol. The van der Waals surface area contributed by atoms with Crippen molar-refractivity contribution in [2.24, 2.45) is 10.8 Å². The van der Waals surface area contributed by atoms with E-state index in [4.69, 9.17) is 33.3 Å². The Balaban J connectivity index is 0.000000188. The van der Waals surface area contributed by atoms with E-state index in [1.807, 2.05) is 62.4 Å². The highest BCUT2D eigenvalue weighted by Gasteiger charge is 2.44. The lowest BCUT2D eigenvalue weighted by Crippen LogP contribution is -2.33. The standard InChI is InChI=1S/C23H24ClNO3S.C21H22ClNO2S/c1-16-20(25-22(29-16)17-5-7-18(24)8-6-17)15-19(27)9-13-23(21(28)10-14-26)11-3-2-4-12-23;1-13-18(23-20(26-13)14-5-7-15(22)8-6-14)17-16(24)9-12-21(19(17)25)10-3-2-4-11-21/h5-8,26H,2-4,9,11-13,15H2,1H3;5-8,25H,2-4,9-12H2,1H3. The van der Waals surface area contributed by atoms with Crippen molar-refractivity contribution in [2.75, 3.05) is 0 Å². The van der Waals surface area contributed by atoms with Gasteiger partial charge in [-0.15, -0.1) is 22.7 Å². The Bertz CT molecular complexity index is 2130. The minimum atomic E-state index is -0.588. The van der Waals surface area contributed by atoms with Gasteiger partial charge in [0.1, 0.15) is 27.7 Å². The molecule has 0 radical (unpaired) electrons. The molecule has 2 aromatic heterocycles. The molecule has 11 heteroatoms. The van der Waals surface area contributed by atoms with Crippen LogP contribution in [-0.2, 0) is 20.8 Å². The minimum absolute atomic E-state index is 0.0229. The zero-order chi connectivity index (χ0) is 39.2. The summed E-state index contributed by atoms with van der Waals surface area (Å²) in [6.45, 7) is 3.95. The maximum absolute atomic E-state index is 12.7. The second-order valence-corrected chi connectivity index (χ2v) is 18.3. The molecule has 4 aromatic rings. The van der Waals surface area contributed by atoms with Crippen LogP contribution in [0.15, 0.2) is 54.3 Å². The maximum atomic E-state index is 12.7. The molecule has 7 nitrogen and oxygen atoms in total. The van der Waals surface area contributed by atoms with Crippen LogP contribution in [0.2, 0.25) is 10.0 Å². The molecule has 55 heavy (non-hydrogen) atoms. The SMILES string of the molecule is Cc1sc(-c2ccc(Cl)cc2)nc1C1=C(O)C2(CCCCC2)CCC1=O.Cc1sc(-c2ccc(Cl)cc2)nc1CC(=O)CCC1(C(=O)C#CO)CCCCC1. The van der Waals surface area contributed by atoms with Crippen molar-refractivity contribution < 1.29 is 24.6 Å². The molecule has 7 rings (SSSR count). The number of carbonyl (C=O) groups excluding carboxylic acids is 3. The molecule has 2 aromatic carbocycles. The number of halogens is 2. The summed E-state index contributed by atoms with van der Waals surface area (Å²) in [4.78, 5) is 49.2. The molecule has 2 N–H and O–H groups in total. The highest BCUT2D eigenvalue weighted by Crippen LogP contribution is 2.51. The van der Waals surface area contributed by atoms with E-state index in [1.54, 1.807) is 28.8 Å². The van der Waals surface area contributed by atoms with Crippen LogP contribution in [0.25, 0.3) is 26.7 Å². The molecule has 3 aliphatic rings. The van der Waals surface area contributed by atoms with E-state index in [0.29, 0.717) is 46.3 Å². The number of carbonyl (C=O) groups is 3. The normalized spacial score (nSPS) is 17.6. The number of aliphatic hydroxyl groups is 2. The number of aryl methyl sites for hydroxylation is 2. The number of aromatic nitrogens is 2. The van der Waals surface area contributed by atoms with Gasteiger partial charge in [-0.1, -0.05) is 86.0 Å². The molecule has 0 unspecified atom stereocenters. The van der Waals surface area contributed by atoms with Gasteiger partial charge >= 0.3 is 0 Å². The van der Waals surface area contributed by atoms with Crippen LogP contribution in [0.1, 0.15) is 111 Å². The van der Waals surface area contributed by atoms with Crippen LogP contribution in [0, 0.1) is 36.7 Å². The number of ketones is 3. The lowest BCUT2D eigenvalue weighted by Gasteiger charge is -2.40. The third kappa shape index (κ3) is 9.43. The van der Waals surface area contributed by atoms with Crippen molar-refractivity contribution >= 4 is 68.8 Å². The molecule has 0 bridgehead atoms. The van der Waals surface area contributed by atoms with E-state index in [9.17, 15) is 19.5 Å². The monoisotopic (exact) mass is 816 g/mol. The predicted octanol–water partition coefficient (Wildman–Crippen LogP) is 11.9. The van der Waals surface area contributed by atoms with Crippen molar-refractivity contribution in [3.8, 4) is 33.2 Å². The summed E-state index contributed by atoms with van der Waals surface area (Å²) < 4.78 is 0. The van der Waals surface area contributed by atoms with E-state index in [1.165, 1.54) is 6.42 Å². The predicted molar refractivity (Wildman–Crippen MR) is 222 cm³/mol. The van der Waals surface area contributed by atoms with Crippen LogP contribution in [0.4, 0.5) is 0 Å². The van der Waals surface area contributed by atoms with E-state index < -0.39 is 5.41 Å². The van der Waals surface area contributed by atoms with Gasteiger partial charge in [-0.2, -0.15) is 0 Å². The zero-order valence-electron chi connectivity index (χ0n) is 31.3. The molecule has 1 spiro atoms. The number of benzene rings is 2. The Morgan fingerprint density at radius 2 is 1.33 bits per heavy atom. The Kier molecular flexibility index (Phi) is 13.3. The van der Waals surface area contributed by atoms with Crippen LogP contribution >= 0.6 is 45.9 Å². The van der Waals surface area contributed by atoms with Gasteiger partial charge in [0.25, 0.3) is 0 Å². The first-order valence-electron chi connectivity index (χ1n) is 19.1. The average Bonchev–Trinajstić information content (AvgIpc) is 3.75. The van der Waals surface area contributed by atoms with Crippen LogP contribution < -0.4 is 0 Å². The molecular weight excluding hydrogens is 772 g/mol. The number of Topliss-reactive ketones (excluding diaryl/α,β-unsaturated/α-hetero) is 3. The van der Waals surface area contributed by atoms with Gasteiger partial charge in [-0.05, 0) is 76.6 Å². The van der Waals surface area contributed by atoms with Gasteiger partial charge in [-0.3, -0.25) is 14.4 Å². The molecule has 2 fully saturated rings. The highest BCUT2D eigenvalue weighted by atomic mass is 35.5. The Morgan fingerprint density at radius 3 is 1.91 bits per heavy atom.